The van der Waals surface area contributed by atoms with E-state index in [1.54, 1.807) is 7.11 Å². The maximum atomic E-state index is 12.1. The number of benzene rings is 1. The van der Waals surface area contributed by atoms with Gasteiger partial charge in [-0.3, -0.25) is 4.79 Å². The first-order chi connectivity index (χ1) is 12.1. The van der Waals surface area contributed by atoms with Crippen molar-refractivity contribution in [1.82, 2.24) is 15.1 Å². The molecule has 0 atom stereocenters. The number of carbonyl (C=O) groups is 1. The molecule has 0 radical (unpaired) electrons. The molecule has 1 aliphatic rings. The zero-order valence-corrected chi connectivity index (χ0v) is 15.0. The Morgan fingerprint density at radius 3 is 2.36 bits per heavy atom. The van der Waals surface area contributed by atoms with E-state index in [2.05, 4.69) is 15.1 Å². The SMILES string of the molecule is COc1ccccc1-c1ccc(N2CCN(C(=O)C(C)C)CC2)nn1. The Hall–Kier alpha value is -2.63. The lowest BCUT2D eigenvalue weighted by Gasteiger charge is -2.36. The molecule has 0 N–H and O–H groups in total. The fraction of sp³-hybridized carbons (Fsp3) is 0.421. The van der Waals surface area contributed by atoms with Crippen molar-refractivity contribution in [2.24, 2.45) is 5.92 Å². The normalized spacial score (nSPS) is 14.7. The zero-order chi connectivity index (χ0) is 17.8. The fourth-order valence-electron chi connectivity index (χ4n) is 3.01. The number of amides is 1. The van der Waals surface area contributed by atoms with Crippen molar-refractivity contribution < 1.29 is 9.53 Å². The Kier molecular flexibility index (Phi) is 5.16. The van der Waals surface area contributed by atoms with Crippen LogP contribution in [0.25, 0.3) is 11.3 Å². The molecule has 6 heteroatoms. The molecule has 1 aromatic carbocycles. The lowest BCUT2D eigenvalue weighted by molar-refractivity contribution is -0.134. The number of hydrogen-bond donors (Lipinski definition) is 0. The number of nitrogens with zero attached hydrogens (tertiary/aromatic N) is 4. The summed E-state index contributed by atoms with van der Waals surface area (Å²) in [4.78, 5) is 16.2. The summed E-state index contributed by atoms with van der Waals surface area (Å²) in [5.74, 6) is 1.89. The molecule has 0 saturated carbocycles. The van der Waals surface area contributed by atoms with Crippen molar-refractivity contribution >= 4 is 11.7 Å². The Morgan fingerprint density at radius 1 is 1.04 bits per heavy atom. The third kappa shape index (κ3) is 3.73. The van der Waals surface area contributed by atoms with Crippen LogP contribution in [0.1, 0.15) is 13.8 Å². The second-order valence-corrected chi connectivity index (χ2v) is 6.44. The Labute approximate surface area is 148 Å². The van der Waals surface area contributed by atoms with Crippen LogP contribution in [-0.2, 0) is 4.79 Å². The summed E-state index contributed by atoms with van der Waals surface area (Å²) in [7, 11) is 1.65. The zero-order valence-electron chi connectivity index (χ0n) is 15.0. The first-order valence-electron chi connectivity index (χ1n) is 8.61. The van der Waals surface area contributed by atoms with Crippen LogP contribution in [0.2, 0.25) is 0 Å². The van der Waals surface area contributed by atoms with Gasteiger partial charge in [0.1, 0.15) is 5.75 Å². The lowest BCUT2D eigenvalue weighted by Crippen LogP contribution is -2.50. The fourth-order valence-corrected chi connectivity index (χ4v) is 3.01. The molecule has 0 aliphatic carbocycles. The van der Waals surface area contributed by atoms with E-state index in [-0.39, 0.29) is 11.8 Å². The van der Waals surface area contributed by atoms with E-state index >= 15 is 0 Å². The highest BCUT2D eigenvalue weighted by molar-refractivity contribution is 5.78. The number of methoxy groups -OCH3 is 1. The Bertz CT molecular complexity index is 722. The minimum Gasteiger partial charge on any atom is -0.496 e. The van der Waals surface area contributed by atoms with Crippen molar-refractivity contribution in [3.8, 4) is 17.0 Å². The molecule has 1 fully saturated rings. The van der Waals surface area contributed by atoms with E-state index in [9.17, 15) is 4.79 Å². The molecule has 2 heterocycles. The molecular formula is C19H24N4O2. The summed E-state index contributed by atoms with van der Waals surface area (Å²) in [6, 6.07) is 11.7. The van der Waals surface area contributed by atoms with E-state index in [1.807, 2.05) is 55.1 Å². The van der Waals surface area contributed by atoms with Crippen LogP contribution in [0.5, 0.6) is 5.75 Å². The van der Waals surface area contributed by atoms with Gasteiger partial charge in [-0.25, -0.2) is 0 Å². The molecule has 3 rings (SSSR count). The van der Waals surface area contributed by atoms with E-state index in [0.717, 1.165) is 49.0 Å². The molecule has 0 spiro atoms. The Morgan fingerprint density at radius 2 is 1.76 bits per heavy atom. The third-order valence-electron chi connectivity index (χ3n) is 4.44. The highest BCUT2D eigenvalue weighted by Crippen LogP contribution is 2.28. The second kappa shape index (κ2) is 7.51. The molecule has 0 unspecified atom stereocenters. The van der Waals surface area contributed by atoms with Crippen LogP contribution >= 0.6 is 0 Å². The van der Waals surface area contributed by atoms with Gasteiger partial charge in [0.15, 0.2) is 5.82 Å². The monoisotopic (exact) mass is 340 g/mol. The summed E-state index contributed by atoms with van der Waals surface area (Å²) in [6.07, 6.45) is 0. The first-order valence-corrected chi connectivity index (χ1v) is 8.61. The van der Waals surface area contributed by atoms with Crippen LogP contribution in [0.15, 0.2) is 36.4 Å². The van der Waals surface area contributed by atoms with Crippen molar-refractivity contribution in [3.63, 3.8) is 0 Å². The molecular weight excluding hydrogens is 316 g/mol. The topological polar surface area (TPSA) is 58.6 Å². The summed E-state index contributed by atoms with van der Waals surface area (Å²) in [6.45, 7) is 6.90. The van der Waals surface area contributed by atoms with Gasteiger partial charge in [0.05, 0.1) is 12.8 Å². The molecule has 1 saturated heterocycles. The lowest BCUT2D eigenvalue weighted by atomic mass is 10.1. The maximum absolute atomic E-state index is 12.1. The van der Waals surface area contributed by atoms with E-state index in [0.29, 0.717) is 0 Å². The smallest absolute Gasteiger partial charge is 0.225 e. The number of rotatable bonds is 4. The maximum Gasteiger partial charge on any atom is 0.225 e. The summed E-state index contributed by atoms with van der Waals surface area (Å²) < 4.78 is 5.38. The van der Waals surface area contributed by atoms with Crippen molar-refractivity contribution in [2.75, 3.05) is 38.2 Å². The molecule has 0 bridgehead atoms. The summed E-state index contributed by atoms with van der Waals surface area (Å²) in [5.41, 5.74) is 1.71. The predicted octanol–water partition coefficient (Wildman–Crippen LogP) is 2.46. The van der Waals surface area contributed by atoms with Gasteiger partial charge in [-0.05, 0) is 24.3 Å². The molecule has 2 aromatic rings. The average molecular weight is 340 g/mol. The highest BCUT2D eigenvalue weighted by Gasteiger charge is 2.23. The van der Waals surface area contributed by atoms with Gasteiger partial charge in [-0.1, -0.05) is 26.0 Å². The van der Waals surface area contributed by atoms with Crippen LogP contribution < -0.4 is 9.64 Å². The molecule has 132 valence electrons. The first kappa shape index (κ1) is 17.2. The van der Waals surface area contributed by atoms with Gasteiger partial charge < -0.3 is 14.5 Å². The number of carbonyl (C=O) groups excluding carboxylic acids is 1. The molecule has 1 amide bonds. The van der Waals surface area contributed by atoms with Crippen LogP contribution in [0.3, 0.4) is 0 Å². The standard InChI is InChI=1S/C19H24N4O2/c1-14(2)19(24)23-12-10-22(11-13-23)18-9-8-16(20-21-18)15-6-4-5-7-17(15)25-3/h4-9,14H,10-13H2,1-3H3. The van der Waals surface area contributed by atoms with Gasteiger partial charge in [0.25, 0.3) is 0 Å². The van der Waals surface area contributed by atoms with Crippen LogP contribution in [0, 0.1) is 5.92 Å². The van der Waals surface area contributed by atoms with E-state index < -0.39 is 0 Å². The van der Waals surface area contributed by atoms with Gasteiger partial charge in [-0.15, -0.1) is 10.2 Å². The van der Waals surface area contributed by atoms with Crippen LogP contribution in [-0.4, -0.2) is 54.3 Å². The number of anilines is 1. The minimum absolute atomic E-state index is 0.0477. The van der Waals surface area contributed by atoms with Crippen molar-refractivity contribution in [1.29, 1.82) is 0 Å². The minimum atomic E-state index is 0.0477. The van der Waals surface area contributed by atoms with Gasteiger partial charge in [-0.2, -0.15) is 0 Å². The number of ether oxygens (including phenoxy) is 1. The number of para-hydroxylation sites is 1. The van der Waals surface area contributed by atoms with E-state index in [4.69, 9.17) is 4.74 Å². The molecule has 6 nitrogen and oxygen atoms in total. The average Bonchev–Trinajstić information content (AvgIpc) is 2.67. The van der Waals surface area contributed by atoms with Gasteiger partial charge in [0.2, 0.25) is 5.91 Å². The summed E-state index contributed by atoms with van der Waals surface area (Å²) >= 11 is 0. The largest absolute Gasteiger partial charge is 0.496 e. The van der Waals surface area contributed by atoms with Gasteiger partial charge in [0, 0.05) is 37.7 Å². The quantitative estimate of drug-likeness (QED) is 0.856. The molecule has 1 aliphatic heterocycles. The highest BCUT2D eigenvalue weighted by atomic mass is 16.5. The molecule has 25 heavy (non-hydrogen) atoms. The van der Waals surface area contributed by atoms with E-state index in [1.165, 1.54) is 0 Å². The van der Waals surface area contributed by atoms with Crippen molar-refractivity contribution in [3.05, 3.63) is 36.4 Å². The van der Waals surface area contributed by atoms with Crippen LogP contribution in [0.4, 0.5) is 5.82 Å². The Balaban J connectivity index is 1.69. The number of aromatic nitrogens is 2. The van der Waals surface area contributed by atoms with Gasteiger partial charge >= 0.3 is 0 Å². The summed E-state index contributed by atoms with van der Waals surface area (Å²) in [5, 5.41) is 8.74. The third-order valence-corrected chi connectivity index (χ3v) is 4.44. The predicted molar refractivity (Wildman–Crippen MR) is 97.7 cm³/mol. The second-order valence-electron chi connectivity index (χ2n) is 6.44. The molecule has 1 aromatic heterocycles. The number of piperazine rings is 1. The number of hydrogen-bond acceptors (Lipinski definition) is 5. The van der Waals surface area contributed by atoms with Crippen molar-refractivity contribution in [2.45, 2.75) is 13.8 Å².